The van der Waals surface area contributed by atoms with Gasteiger partial charge < -0.3 is 10.4 Å². The van der Waals surface area contributed by atoms with E-state index < -0.39 is 23.2 Å². The number of rotatable bonds is 6. The molecule has 0 bridgehead atoms. The van der Waals surface area contributed by atoms with Gasteiger partial charge in [-0.05, 0) is 31.9 Å². The first-order chi connectivity index (χ1) is 12.1. The van der Waals surface area contributed by atoms with Gasteiger partial charge in [0.05, 0.1) is 10.9 Å². The van der Waals surface area contributed by atoms with Crippen molar-refractivity contribution in [3.63, 3.8) is 0 Å². The molecule has 1 aromatic carbocycles. The minimum atomic E-state index is -1.17. The third kappa shape index (κ3) is 4.24. The average Bonchev–Trinajstić information content (AvgIpc) is 2.77. The van der Waals surface area contributed by atoms with Crippen molar-refractivity contribution < 1.29 is 24.3 Å². The molecule has 1 aromatic rings. The number of aryl methyl sites for hydroxylation is 3. The van der Waals surface area contributed by atoms with E-state index >= 15 is 0 Å². The summed E-state index contributed by atoms with van der Waals surface area (Å²) in [5, 5.41) is 10.8. The largest absolute Gasteiger partial charge is 0.480 e. The molecule has 8 heteroatoms. The molecule has 7 nitrogen and oxygen atoms in total. The predicted octanol–water partition coefficient (Wildman–Crippen LogP) is 1.57. The van der Waals surface area contributed by atoms with E-state index in [1.807, 2.05) is 32.9 Å². The lowest BCUT2D eigenvalue weighted by Crippen LogP contribution is -2.42. The van der Waals surface area contributed by atoms with Crippen molar-refractivity contribution >= 4 is 41.1 Å². The Labute approximate surface area is 156 Å². The summed E-state index contributed by atoms with van der Waals surface area (Å²) in [6.07, 6.45) is 0.0165. The maximum Gasteiger partial charge on any atom is 0.327 e. The van der Waals surface area contributed by atoms with Gasteiger partial charge in [0.2, 0.25) is 17.7 Å². The fourth-order valence-electron chi connectivity index (χ4n) is 3.13. The highest BCUT2D eigenvalue weighted by molar-refractivity contribution is 8.00. The minimum absolute atomic E-state index is 0.0122. The zero-order valence-corrected chi connectivity index (χ0v) is 16.0. The molecular weight excluding hydrogens is 356 g/mol. The summed E-state index contributed by atoms with van der Waals surface area (Å²) in [5.41, 5.74) is 3.34. The van der Waals surface area contributed by atoms with Crippen molar-refractivity contribution in [1.82, 2.24) is 5.32 Å². The SMILES string of the molecule is CC(=O)N[C@@H](CS[C@H]1CC(=O)N(c2c(C)cc(C)cc2C)C1=O)C(=O)O. The number of nitrogens with one attached hydrogen (secondary N) is 1. The number of carbonyl (C=O) groups is 4. The predicted molar refractivity (Wildman–Crippen MR) is 99.2 cm³/mol. The highest BCUT2D eigenvalue weighted by Gasteiger charge is 2.41. The summed E-state index contributed by atoms with van der Waals surface area (Å²) in [4.78, 5) is 48.7. The van der Waals surface area contributed by atoms with Crippen molar-refractivity contribution in [1.29, 1.82) is 0 Å². The quantitative estimate of drug-likeness (QED) is 0.728. The van der Waals surface area contributed by atoms with Crippen LogP contribution in [0.15, 0.2) is 12.1 Å². The van der Waals surface area contributed by atoms with E-state index in [1.165, 1.54) is 11.8 Å². The number of amides is 3. The number of anilines is 1. The molecule has 26 heavy (non-hydrogen) atoms. The first-order valence-corrected chi connectivity index (χ1v) is 9.22. The maximum atomic E-state index is 12.8. The lowest BCUT2D eigenvalue weighted by Gasteiger charge is -2.21. The van der Waals surface area contributed by atoms with Crippen LogP contribution in [0.4, 0.5) is 5.69 Å². The van der Waals surface area contributed by atoms with Crippen LogP contribution in [0, 0.1) is 20.8 Å². The fourth-order valence-corrected chi connectivity index (χ4v) is 4.29. The van der Waals surface area contributed by atoms with Gasteiger partial charge in [0.25, 0.3) is 0 Å². The Morgan fingerprint density at radius 2 is 1.85 bits per heavy atom. The van der Waals surface area contributed by atoms with Crippen LogP contribution in [0.1, 0.15) is 30.0 Å². The molecular formula is C18H22N2O5S. The van der Waals surface area contributed by atoms with Crippen molar-refractivity contribution in [2.45, 2.75) is 45.4 Å². The van der Waals surface area contributed by atoms with Crippen LogP contribution in [0.2, 0.25) is 0 Å². The normalized spacial score (nSPS) is 18.2. The molecule has 1 saturated heterocycles. The molecule has 0 aliphatic carbocycles. The summed E-state index contributed by atoms with van der Waals surface area (Å²) in [6, 6.07) is 2.73. The zero-order chi connectivity index (χ0) is 19.6. The first-order valence-electron chi connectivity index (χ1n) is 8.18. The van der Waals surface area contributed by atoms with Crippen LogP contribution in [0.25, 0.3) is 0 Å². The zero-order valence-electron chi connectivity index (χ0n) is 15.2. The second-order valence-corrected chi connectivity index (χ2v) is 7.67. The number of hydrogen-bond acceptors (Lipinski definition) is 5. The number of carboxylic acids is 1. The number of carboxylic acid groups (broad SMARTS) is 1. The van der Waals surface area contributed by atoms with Crippen molar-refractivity contribution in [2.75, 3.05) is 10.7 Å². The third-order valence-electron chi connectivity index (χ3n) is 4.10. The van der Waals surface area contributed by atoms with Crippen molar-refractivity contribution in [2.24, 2.45) is 0 Å². The Kier molecular flexibility index (Phi) is 6.07. The summed E-state index contributed by atoms with van der Waals surface area (Å²) in [5.74, 6) is -2.26. The van der Waals surface area contributed by atoms with Gasteiger partial charge in [0.1, 0.15) is 6.04 Å². The lowest BCUT2D eigenvalue weighted by atomic mass is 10.0. The van der Waals surface area contributed by atoms with Crippen LogP contribution in [-0.2, 0) is 19.2 Å². The number of aliphatic carboxylic acids is 1. The smallest absolute Gasteiger partial charge is 0.327 e. The van der Waals surface area contributed by atoms with E-state index in [2.05, 4.69) is 5.32 Å². The number of nitrogens with zero attached hydrogens (tertiary/aromatic N) is 1. The summed E-state index contributed by atoms with van der Waals surface area (Å²) in [7, 11) is 0. The Balaban J connectivity index is 2.16. The second kappa shape index (κ2) is 7.90. The number of imide groups is 1. The fraction of sp³-hybridized carbons (Fsp3) is 0.444. The van der Waals surface area contributed by atoms with E-state index in [0.717, 1.165) is 28.5 Å². The molecule has 1 aliphatic rings. The van der Waals surface area contributed by atoms with Gasteiger partial charge in [0.15, 0.2) is 0 Å². The van der Waals surface area contributed by atoms with E-state index in [4.69, 9.17) is 5.11 Å². The molecule has 1 heterocycles. The summed E-state index contributed by atoms with van der Waals surface area (Å²) < 4.78 is 0. The van der Waals surface area contributed by atoms with Gasteiger partial charge in [-0.25, -0.2) is 9.69 Å². The molecule has 0 spiro atoms. The first kappa shape index (κ1) is 20.0. The Morgan fingerprint density at radius 3 is 2.35 bits per heavy atom. The molecule has 1 aliphatic heterocycles. The van der Waals surface area contributed by atoms with E-state index in [-0.39, 0.29) is 24.0 Å². The summed E-state index contributed by atoms with van der Waals surface area (Å²) >= 11 is 1.08. The van der Waals surface area contributed by atoms with Gasteiger partial charge in [0, 0.05) is 19.1 Å². The van der Waals surface area contributed by atoms with Crippen LogP contribution in [0.3, 0.4) is 0 Å². The monoisotopic (exact) mass is 378 g/mol. The average molecular weight is 378 g/mol. The highest BCUT2D eigenvalue weighted by Crippen LogP contribution is 2.34. The Bertz CT molecular complexity index is 754. The van der Waals surface area contributed by atoms with Gasteiger partial charge in [-0.3, -0.25) is 14.4 Å². The van der Waals surface area contributed by atoms with Crippen LogP contribution in [0.5, 0.6) is 0 Å². The van der Waals surface area contributed by atoms with Crippen molar-refractivity contribution in [3.8, 4) is 0 Å². The van der Waals surface area contributed by atoms with Gasteiger partial charge in [-0.2, -0.15) is 0 Å². The minimum Gasteiger partial charge on any atom is -0.480 e. The standard InChI is InChI=1S/C18H22N2O5S/c1-9-5-10(2)16(11(3)6-9)20-15(22)7-14(17(20)23)26-8-13(18(24)25)19-12(4)21/h5-6,13-14H,7-8H2,1-4H3,(H,19,21)(H,24,25)/t13-,14-/m0/s1. The molecule has 2 N–H and O–H groups in total. The van der Waals surface area contributed by atoms with E-state index in [0.29, 0.717) is 5.69 Å². The van der Waals surface area contributed by atoms with Gasteiger partial charge in [-0.1, -0.05) is 17.7 Å². The topological polar surface area (TPSA) is 104 Å². The third-order valence-corrected chi connectivity index (χ3v) is 5.40. The molecule has 0 saturated carbocycles. The molecule has 2 rings (SSSR count). The molecule has 0 aromatic heterocycles. The molecule has 2 atom stereocenters. The molecule has 0 radical (unpaired) electrons. The number of thioether (sulfide) groups is 1. The Hall–Kier alpha value is -2.35. The molecule has 140 valence electrons. The van der Waals surface area contributed by atoms with E-state index in [1.54, 1.807) is 0 Å². The van der Waals surface area contributed by atoms with Gasteiger partial charge in [-0.15, -0.1) is 11.8 Å². The number of hydrogen-bond donors (Lipinski definition) is 2. The van der Waals surface area contributed by atoms with Crippen molar-refractivity contribution in [3.05, 3.63) is 28.8 Å². The van der Waals surface area contributed by atoms with Crippen LogP contribution >= 0.6 is 11.8 Å². The summed E-state index contributed by atoms with van der Waals surface area (Å²) in [6.45, 7) is 6.89. The lowest BCUT2D eigenvalue weighted by molar-refractivity contribution is -0.140. The molecule has 3 amide bonds. The second-order valence-electron chi connectivity index (χ2n) is 6.43. The Morgan fingerprint density at radius 1 is 1.27 bits per heavy atom. The van der Waals surface area contributed by atoms with E-state index in [9.17, 15) is 19.2 Å². The number of carbonyl (C=O) groups excluding carboxylic acids is 3. The molecule has 1 fully saturated rings. The number of benzene rings is 1. The van der Waals surface area contributed by atoms with Crippen LogP contribution in [-0.4, -0.2) is 45.8 Å². The molecule has 0 unspecified atom stereocenters. The van der Waals surface area contributed by atoms with Gasteiger partial charge >= 0.3 is 5.97 Å². The maximum absolute atomic E-state index is 12.8. The van der Waals surface area contributed by atoms with Crippen LogP contribution < -0.4 is 10.2 Å². The highest BCUT2D eigenvalue weighted by atomic mass is 32.2.